The van der Waals surface area contributed by atoms with E-state index in [9.17, 15) is 0 Å². The molecule has 1 aliphatic rings. The second-order valence-corrected chi connectivity index (χ2v) is 8.31. The van der Waals surface area contributed by atoms with Gasteiger partial charge in [-0.3, -0.25) is 4.98 Å². The molecule has 0 saturated heterocycles. The molecule has 1 aliphatic carbocycles. The monoisotopic (exact) mass is 433 g/mol. The number of nitrogens with zero attached hydrogens (tertiary/aromatic N) is 3. The van der Waals surface area contributed by atoms with Crippen LogP contribution in [0.2, 0.25) is 5.02 Å². The van der Waals surface area contributed by atoms with Gasteiger partial charge < -0.3 is 15.0 Å². The first-order valence-electron chi connectivity index (χ1n) is 10.7. The molecule has 0 bridgehead atoms. The molecular weight excluding hydrogens is 410 g/mol. The molecule has 2 N–H and O–H groups in total. The van der Waals surface area contributed by atoms with Gasteiger partial charge in [-0.05, 0) is 54.7 Å². The second-order valence-electron chi connectivity index (χ2n) is 7.90. The number of pyridine rings is 1. The molecule has 1 saturated carbocycles. The lowest BCUT2D eigenvalue weighted by molar-refractivity contribution is 0.301. The Morgan fingerprint density at radius 2 is 1.97 bits per heavy atom. The van der Waals surface area contributed by atoms with Gasteiger partial charge in [0.1, 0.15) is 30.1 Å². The molecule has 1 aromatic carbocycles. The van der Waals surface area contributed by atoms with E-state index in [1.807, 2.05) is 36.4 Å². The van der Waals surface area contributed by atoms with E-state index in [4.69, 9.17) is 16.3 Å². The van der Waals surface area contributed by atoms with Crippen LogP contribution in [0.4, 0.5) is 11.5 Å². The van der Waals surface area contributed by atoms with Gasteiger partial charge in [0.25, 0.3) is 0 Å². The number of hydrogen-bond acceptors (Lipinski definition) is 5. The number of aromatic nitrogens is 4. The van der Waals surface area contributed by atoms with Crippen LogP contribution in [0.3, 0.4) is 0 Å². The molecule has 0 unspecified atom stereocenters. The van der Waals surface area contributed by atoms with Crippen LogP contribution in [-0.2, 0) is 6.61 Å². The Kier molecular flexibility index (Phi) is 5.71. The van der Waals surface area contributed by atoms with Crippen LogP contribution in [0.25, 0.3) is 11.0 Å². The molecule has 31 heavy (non-hydrogen) atoms. The number of H-pyrrole nitrogens is 1. The van der Waals surface area contributed by atoms with E-state index in [-0.39, 0.29) is 0 Å². The second kappa shape index (κ2) is 8.94. The highest BCUT2D eigenvalue weighted by atomic mass is 35.5. The third-order valence-corrected chi connectivity index (χ3v) is 6.14. The smallest absolute Gasteiger partial charge is 0.143 e. The van der Waals surface area contributed by atoms with Crippen LogP contribution < -0.4 is 10.1 Å². The summed E-state index contributed by atoms with van der Waals surface area (Å²) in [6.07, 6.45) is 11.8. The van der Waals surface area contributed by atoms with Crippen molar-refractivity contribution < 1.29 is 4.74 Å². The summed E-state index contributed by atoms with van der Waals surface area (Å²) in [5, 5.41) is 5.04. The predicted octanol–water partition coefficient (Wildman–Crippen LogP) is 6.38. The van der Waals surface area contributed by atoms with Gasteiger partial charge in [-0.15, -0.1) is 0 Å². The Morgan fingerprint density at radius 3 is 2.77 bits per heavy atom. The quantitative estimate of drug-likeness (QED) is 0.369. The number of rotatable bonds is 6. The van der Waals surface area contributed by atoms with Gasteiger partial charge in [0, 0.05) is 18.1 Å². The van der Waals surface area contributed by atoms with E-state index in [2.05, 4.69) is 31.4 Å². The third kappa shape index (κ3) is 4.35. The first-order chi connectivity index (χ1) is 15.3. The van der Waals surface area contributed by atoms with Crippen molar-refractivity contribution in [2.45, 2.75) is 44.6 Å². The van der Waals surface area contributed by atoms with Gasteiger partial charge in [-0.1, -0.05) is 36.9 Å². The van der Waals surface area contributed by atoms with Gasteiger partial charge in [-0.2, -0.15) is 0 Å². The molecule has 3 heterocycles. The van der Waals surface area contributed by atoms with Gasteiger partial charge in [-0.25, -0.2) is 9.97 Å². The van der Waals surface area contributed by atoms with Crippen molar-refractivity contribution in [3.05, 3.63) is 71.4 Å². The third-order valence-electron chi connectivity index (χ3n) is 5.84. The Morgan fingerprint density at radius 1 is 1.06 bits per heavy atom. The maximum Gasteiger partial charge on any atom is 0.143 e. The molecule has 7 heteroatoms. The fourth-order valence-corrected chi connectivity index (χ4v) is 4.52. The summed E-state index contributed by atoms with van der Waals surface area (Å²) >= 11 is 6.49. The molecule has 1 fully saturated rings. The van der Waals surface area contributed by atoms with Crippen molar-refractivity contribution in [3.8, 4) is 5.75 Å². The maximum absolute atomic E-state index is 6.49. The number of aromatic amines is 1. The van der Waals surface area contributed by atoms with Crippen molar-refractivity contribution in [1.29, 1.82) is 0 Å². The molecule has 4 aromatic rings. The van der Waals surface area contributed by atoms with Crippen LogP contribution in [0, 0.1) is 0 Å². The van der Waals surface area contributed by atoms with E-state index in [1.54, 1.807) is 12.5 Å². The summed E-state index contributed by atoms with van der Waals surface area (Å²) < 4.78 is 5.83. The normalized spacial score (nSPS) is 14.6. The van der Waals surface area contributed by atoms with Crippen LogP contribution in [0.5, 0.6) is 5.75 Å². The minimum atomic E-state index is 0.369. The van der Waals surface area contributed by atoms with Gasteiger partial charge in [0.05, 0.1) is 16.1 Å². The lowest BCUT2D eigenvalue weighted by Gasteiger charge is -2.21. The summed E-state index contributed by atoms with van der Waals surface area (Å²) in [5.74, 6) is 1.97. The summed E-state index contributed by atoms with van der Waals surface area (Å²) in [7, 11) is 0. The number of ether oxygens (including phenoxy) is 1. The fourth-order valence-electron chi connectivity index (χ4n) is 4.28. The zero-order valence-electron chi connectivity index (χ0n) is 17.1. The molecular formula is C24H24ClN5O. The summed E-state index contributed by atoms with van der Waals surface area (Å²) in [6.45, 7) is 0.369. The van der Waals surface area contributed by atoms with Crippen molar-refractivity contribution in [2.24, 2.45) is 0 Å². The van der Waals surface area contributed by atoms with Crippen molar-refractivity contribution >= 4 is 34.1 Å². The van der Waals surface area contributed by atoms with Gasteiger partial charge >= 0.3 is 0 Å². The van der Waals surface area contributed by atoms with Gasteiger partial charge in [0.15, 0.2) is 0 Å². The lowest BCUT2D eigenvalue weighted by Crippen LogP contribution is -2.05. The summed E-state index contributed by atoms with van der Waals surface area (Å²) in [4.78, 5) is 16.5. The maximum atomic E-state index is 6.49. The largest absolute Gasteiger partial charge is 0.486 e. The van der Waals surface area contributed by atoms with E-state index >= 15 is 0 Å². The number of benzene rings is 1. The number of anilines is 2. The zero-order chi connectivity index (χ0) is 21.0. The molecule has 0 radical (unpaired) electrons. The van der Waals surface area contributed by atoms with E-state index in [1.165, 1.54) is 37.7 Å². The van der Waals surface area contributed by atoms with E-state index in [0.717, 1.165) is 28.2 Å². The minimum absolute atomic E-state index is 0.369. The van der Waals surface area contributed by atoms with Crippen LogP contribution in [-0.4, -0.2) is 19.9 Å². The summed E-state index contributed by atoms with van der Waals surface area (Å²) in [6, 6.07) is 11.4. The summed E-state index contributed by atoms with van der Waals surface area (Å²) in [5.41, 5.74) is 3.87. The number of nitrogens with one attached hydrogen (secondary N) is 2. The van der Waals surface area contributed by atoms with Crippen molar-refractivity contribution in [3.63, 3.8) is 0 Å². The Bertz CT molecular complexity index is 1170. The number of hydrogen-bond donors (Lipinski definition) is 2. The molecule has 158 valence electrons. The highest BCUT2D eigenvalue weighted by Gasteiger charge is 2.21. The predicted molar refractivity (Wildman–Crippen MR) is 123 cm³/mol. The first kappa shape index (κ1) is 19.8. The molecule has 0 atom stereocenters. The molecule has 0 amide bonds. The molecule has 3 aromatic heterocycles. The molecule has 6 nitrogen and oxygen atoms in total. The average Bonchev–Trinajstić information content (AvgIpc) is 3.25. The van der Waals surface area contributed by atoms with E-state index < -0.39 is 0 Å². The lowest BCUT2D eigenvalue weighted by atomic mass is 9.84. The van der Waals surface area contributed by atoms with Crippen LogP contribution in [0.15, 0.2) is 55.1 Å². The standard InChI is InChI=1S/C24H24ClN5O/c25-20-12-17(9-10-21(20)31-14-18-8-4-5-11-26-18)30-24-22-19(16-6-2-1-3-7-16)13-27-23(22)28-15-29-24/h4-5,8-13,15-16H,1-3,6-7,14H2,(H2,27,28,29,30). The fraction of sp³-hybridized carbons (Fsp3) is 0.292. The highest BCUT2D eigenvalue weighted by molar-refractivity contribution is 6.32. The molecule has 0 aliphatic heterocycles. The Hall–Kier alpha value is -3.12. The van der Waals surface area contributed by atoms with Crippen LogP contribution >= 0.6 is 11.6 Å². The van der Waals surface area contributed by atoms with Crippen LogP contribution in [0.1, 0.15) is 49.3 Å². The Balaban J connectivity index is 1.37. The van der Waals surface area contributed by atoms with E-state index in [0.29, 0.717) is 23.3 Å². The molecule has 0 spiro atoms. The Labute approximate surface area is 186 Å². The average molecular weight is 434 g/mol. The SMILES string of the molecule is Clc1cc(Nc2ncnc3[nH]cc(C4CCCCC4)c23)ccc1OCc1ccccn1. The zero-order valence-corrected chi connectivity index (χ0v) is 17.9. The van der Waals surface area contributed by atoms with Crippen molar-refractivity contribution in [1.82, 2.24) is 19.9 Å². The number of fused-ring (bicyclic) bond motifs is 1. The highest BCUT2D eigenvalue weighted by Crippen LogP contribution is 2.39. The van der Waals surface area contributed by atoms with Crippen molar-refractivity contribution in [2.75, 3.05) is 5.32 Å². The first-order valence-corrected chi connectivity index (χ1v) is 11.1. The number of halogens is 1. The minimum Gasteiger partial charge on any atom is -0.486 e. The topological polar surface area (TPSA) is 75.7 Å². The van der Waals surface area contributed by atoms with Gasteiger partial charge in [0.2, 0.25) is 0 Å². The molecule has 5 rings (SSSR count).